The third-order valence-electron chi connectivity index (χ3n) is 6.54. The molecule has 10 nitrogen and oxygen atoms in total. The van der Waals surface area contributed by atoms with E-state index in [0.29, 0.717) is 16.3 Å². The highest BCUT2D eigenvalue weighted by atomic mass is 35.5. The first-order valence-corrected chi connectivity index (χ1v) is 15.7. The second-order valence-electron chi connectivity index (χ2n) is 10.9. The fourth-order valence-electron chi connectivity index (χ4n) is 4.36. The first kappa shape index (κ1) is 34.8. The van der Waals surface area contributed by atoms with Crippen LogP contribution < -0.4 is 23.8 Å². The summed E-state index contributed by atoms with van der Waals surface area (Å²) in [6.45, 7) is 6.34. The Labute approximate surface area is 268 Å². The Bertz CT molecular complexity index is 1610. The van der Waals surface area contributed by atoms with E-state index in [-0.39, 0.29) is 33.6 Å². The van der Waals surface area contributed by atoms with Gasteiger partial charge in [-0.2, -0.15) is 0 Å². The molecule has 0 fully saturated rings. The van der Waals surface area contributed by atoms with E-state index < -0.39 is 40.0 Å². The average molecular weight is 667 g/mol. The maximum Gasteiger partial charge on any atom is 0.265 e. The second-order valence-corrected chi connectivity index (χ2v) is 13.6. The van der Waals surface area contributed by atoms with Crippen LogP contribution in [0.2, 0.25) is 10.0 Å². The standard InChI is InChI=1S/C31H37Cl2N3O7S/c1-20(30(38)34-31(2,3)4)35(18-21-9-8-10-22(32)15-21)29(37)19-36(25-16-23(33)11-13-26(25)41-5)44(39,40)24-12-14-27(42-6)28(17-24)43-7/h8-17,20H,18-19H2,1-7H3,(H,34,38)/t20-/m0/s1. The molecule has 0 saturated heterocycles. The summed E-state index contributed by atoms with van der Waals surface area (Å²) < 4.78 is 45.6. The molecule has 3 rings (SSSR count). The molecule has 3 aromatic carbocycles. The molecule has 0 heterocycles. The zero-order chi connectivity index (χ0) is 32.8. The molecule has 0 radical (unpaired) electrons. The molecule has 0 aromatic heterocycles. The van der Waals surface area contributed by atoms with Gasteiger partial charge in [0.25, 0.3) is 10.0 Å². The monoisotopic (exact) mass is 665 g/mol. The van der Waals surface area contributed by atoms with Crippen LogP contribution in [0.15, 0.2) is 65.6 Å². The van der Waals surface area contributed by atoms with Gasteiger partial charge in [-0.25, -0.2) is 8.42 Å². The van der Waals surface area contributed by atoms with E-state index in [9.17, 15) is 18.0 Å². The number of carbonyl (C=O) groups excluding carboxylic acids is 2. The number of methoxy groups -OCH3 is 3. The summed E-state index contributed by atoms with van der Waals surface area (Å²) in [5.41, 5.74) is 0.0982. The first-order chi connectivity index (χ1) is 20.6. The number of rotatable bonds is 12. The minimum Gasteiger partial charge on any atom is -0.495 e. The van der Waals surface area contributed by atoms with Crippen molar-refractivity contribution in [2.75, 3.05) is 32.2 Å². The van der Waals surface area contributed by atoms with Crippen molar-refractivity contribution in [2.45, 2.75) is 50.7 Å². The number of ether oxygens (including phenoxy) is 3. The number of hydrogen-bond acceptors (Lipinski definition) is 7. The van der Waals surface area contributed by atoms with Gasteiger partial charge in [-0.1, -0.05) is 35.3 Å². The van der Waals surface area contributed by atoms with Crippen LogP contribution >= 0.6 is 23.2 Å². The topological polar surface area (TPSA) is 114 Å². The number of benzene rings is 3. The van der Waals surface area contributed by atoms with Gasteiger partial charge in [0, 0.05) is 28.2 Å². The predicted molar refractivity (Wildman–Crippen MR) is 171 cm³/mol. The SMILES string of the molecule is COc1ccc(S(=O)(=O)N(CC(=O)N(Cc2cccc(Cl)c2)[C@@H](C)C(=O)NC(C)(C)C)c2cc(Cl)ccc2OC)cc1OC. The molecule has 0 bridgehead atoms. The van der Waals surface area contributed by atoms with Gasteiger partial charge < -0.3 is 24.4 Å². The Morgan fingerprint density at radius 3 is 2.07 bits per heavy atom. The van der Waals surface area contributed by atoms with Crippen molar-refractivity contribution in [3.63, 3.8) is 0 Å². The Morgan fingerprint density at radius 2 is 1.48 bits per heavy atom. The number of nitrogens with zero attached hydrogens (tertiary/aromatic N) is 2. The lowest BCUT2D eigenvalue weighted by Crippen LogP contribution is -2.54. The van der Waals surface area contributed by atoms with Crippen LogP contribution in [-0.2, 0) is 26.2 Å². The van der Waals surface area contributed by atoms with Crippen LogP contribution in [-0.4, -0.2) is 64.6 Å². The highest BCUT2D eigenvalue weighted by molar-refractivity contribution is 7.92. The van der Waals surface area contributed by atoms with E-state index in [1.807, 2.05) is 20.8 Å². The average Bonchev–Trinajstić information content (AvgIpc) is 2.96. The summed E-state index contributed by atoms with van der Waals surface area (Å²) in [5.74, 6) is -0.421. The van der Waals surface area contributed by atoms with Gasteiger partial charge in [0.05, 0.1) is 31.9 Å². The Kier molecular flexibility index (Phi) is 11.4. The van der Waals surface area contributed by atoms with Gasteiger partial charge in [0.1, 0.15) is 18.3 Å². The number of amides is 2. The summed E-state index contributed by atoms with van der Waals surface area (Å²) in [4.78, 5) is 28.6. The number of nitrogens with one attached hydrogen (secondary N) is 1. The van der Waals surface area contributed by atoms with Crippen molar-refractivity contribution in [3.8, 4) is 17.2 Å². The van der Waals surface area contributed by atoms with Crippen molar-refractivity contribution in [2.24, 2.45) is 0 Å². The van der Waals surface area contributed by atoms with Gasteiger partial charge in [0.2, 0.25) is 11.8 Å². The molecule has 238 valence electrons. The van der Waals surface area contributed by atoms with Crippen LogP contribution in [0.4, 0.5) is 5.69 Å². The molecule has 0 aliphatic carbocycles. The van der Waals surface area contributed by atoms with E-state index in [0.717, 1.165) is 4.31 Å². The molecular weight excluding hydrogens is 629 g/mol. The normalized spacial score (nSPS) is 12.2. The lowest BCUT2D eigenvalue weighted by atomic mass is 10.1. The Balaban J connectivity index is 2.16. The van der Waals surface area contributed by atoms with Crippen LogP contribution in [0.25, 0.3) is 0 Å². The zero-order valence-electron chi connectivity index (χ0n) is 25.7. The minimum atomic E-state index is -4.45. The fraction of sp³-hybridized carbons (Fsp3) is 0.355. The van der Waals surface area contributed by atoms with E-state index >= 15 is 0 Å². The second kappa shape index (κ2) is 14.4. The van der Waals surface area contributed by atoms with E-state index in [1.165, 1.54) is 62.6 Å². The number of anilines is 1. The molecule has 0 aliphatic heterocycles. The van der Waals surface area contributed by atoms with Crippen LogP contribution in [0.1, 0.15) is 33.3 Å². The molecule has 0 aliphatic rings. The first-order valence-electron chi connectivity index (χ1n) is 13.6. The van der Waals surface area contributed by atoms with Gasteiger partial charge >= 0.3 is 0 Å². The van der Waals surface area contributed by atoms with Crippen molar-refractivity contribution >= 4 is 50.7 Å². The molecule has 0 saturated carbocycles. The maximum absolute atomic E-state index is 14.3. The molecule has 13 heteroatoms. The van der Waals surface area contributed by atoms with E-state index in [1.54, 1.807) is 31.2 Å². The van der Waals surface area contributed by atoms with Crippen molar-refractivity contribution < 1.29 is 32.2 Å². The Hall–Kier alpha value is -3.67. The third-order valence-corrected chi connectivity index (χ3v) is 8.76. The number of hydrogen-bond donors (Lipinski definition) is 1. The molecule has 2 amide bonds. The van der Waals surface area contributed by atoms with Crippen LogP contribution in [0, 0.1) is 0 Å². The number of carbonyl (C=O) groups is 2. The lowest BCUT2D eigenvalue weighted by molar-refractivity contribution is -0.140. The number of halogens is 2. The van der Waals surface area contributed by atoms with Crippen molar-refractivity contribution in [3.05, 3.63) is 76.3 Å². The summed E-state index contributed by atoms with van der Waals surface area (Å²) in [5, 5.41) is 3.55. The van der Waals surface area contributed by atoms with Crippen molar-refractivity contribution in [1.82, 2.24) is 10.2 Å². The minimum absolute atomic E-state index is 0.0188. The zero-order valence-corrected chi connectivity index (χ0v) is 28.0. The molecule has 1 atom stereocenters. The molecule has 3 aromatic rings. The summed E-state index contributed by atoms with van der Waals surface area (Å²) in [7, 11) is -0.267. The summed E-state index contributed by atoms with van der Waals surface area (Å²) in [6.07, 6.45) is 0. The van der Waals surface area contributed by atoms with Crippen molar-refractivity contribution in [1.29, 1.82) is 0 Å². The molecule has 44 heavy (non-hydrogen) atoms. The molecule has 0 unspecified atom stereocenters. The quantitative estimate of drug-likeness (QED) is 0.270. The highest BCUT2D eigenvalue weighted by Crippen LogP contribution is 2.37. The fourth-order valence-corrected chi connectivity index (χ4v) is 6.18. The summed E-state index contributed by atoms with van der Waals surface area (Å²) >= 11 is 12.5. The van der Waals surface area contributed by atoms with Gasteiger partial charge in [-0.05, 0) is 75.7 Å². The molecular formula is C31H37Cl2N3O7S. The van der Waals surface area contributed by atoms with Crippen LogP contribution in [0.5, 0.6) is 17.2 Å². The highest BCUT2D eigenvalue weighted by Gasteiger charge is 2.35. The van der Waals surface area contributed by atoms with E-state index in [4.69, 9.17) is 37.4 Å². The summed E-state index contributed by atoms with van der Waals surface area (Å²) in [6, 6.07) is 14.4. The third kappa shape index (κ3) is 8.49. The van der Waals surface area contributed by atoms with E-state index in [2.05, 4.69) is 5.32 Å². The lowest BCUT2D eigenvalue weighted by Gasteiger charge is -2.33. The largest absolute Gasteiger partial charge is 0.495 e. The molecule has 0 spiro atoms. The number of sulfonamides is 1. The predicted octanol–water partition coefficient (Wildman–Crippen LogP) is 5.55. The molecule has 1 N–H and O–H groups in total. The van der Waals surface area contributed by atoms with Crippen LogP contribution in [0.3, 0.4) is 0 Å². The maximum atomic E-state index is 14.3. The van der Waals surface area contributed by atoms with Gasteiger partial charge in [0.15, 0.2) is 11.5 Å². The smallest absolute Gasteiger partial charge is 0.265 e. The van der Waals surface area contributed by atoms with Gasteiger partial charge in [-0.15, -0.1) is 0 Å². The van der Waals surface area contributed by atoms with Gasteiger partial charge in [-0.3, -0.25) is 13.9 Å². The Morgan fingerprint density at radius 1 is 0.864 bits per heavy atom.